The van der Waals surface area contributed by atoms with Crippen LogP contribution >= 0.6 is 11.6 Å². The lowest BCUT2D eigenvalue weighted by molar-refractivity contribution is -0.0370. The number of carbonyl (C=O) groups is 1. The van der Waals surface area contributed by atoms with Crippen molar-refractivity contribution in [2.24, 2.45) is 5.41 Å². The Morgan fingerprint density at radius 2 is 2.26 bits per heavy atom. The molecule has 1 spiro atoms. The van der Waals surface area contributed by atoms with Gasteiger partial charge in [0.05, 0.1) is 6.10 Å². The Labute approximate surface area is 162 Å². The third-order valence-electron chi connectivity index (χ3n) is 5.61. The van der Waals surface area contributed by atoms with E-state index in [1.54, 1.807) is 17.0 Å². The highest BCUT2D eigenvalue weighted by atomic mass is 35.5. The number of carbonyl (C=O) groups excluding carboxylic acids is 1. The summed E-state index contributed by atoms with van der Waals surface area (Å²) in [6.07, 6.45) is 2.46. The highest BCUT2D eigenvalue weighted by molar-refractivity contribution is 6.29. The van der Waals surface area contributed by atoms with E-state index in [2.05, 4.69) is 10.1 Å². The first-order chi connectivity index (χ1) is 13.0. The Kier molecular flexibility index (Phi) is 4.86. The van der Waals surface area contributed by atoms with Crippen LogP contribution in [-0.4, -0.2) is 58.3 Å². The molecule has 0 aliphatic carbocycles. The van der Waals surface area contributed by atoms with E-state index in [-0.39, 0.29) is 16.9 Å². The number of anilines is 1. The van der Waals surface area contributed by atoms with E-state index in [1.807, 2.05) is 11.8 Å². The molecular weight excluding hydrogens is 372 g/mol. The summed E-state index contributed by atoms with van der Waals surface area (Å²) in [6.45, 7) is 4.30. The molecule has 2 saturated heterocycles. The van der Waals surface area contributed by atoms with Crippen LogP contribution in [-0.2, 0) is 6.42 Å². The average Bonchev–Trinajstić information content (AvgIpc) is 3.33. The number of hydrogen-bond donors (Lipinski definition) is 1. The van der Waals surface area contributed by atoms with Gasteiger partial charge in [-0.1, -0.05) is 6.92 Å². The monoisotopic (exact) mass is 394 g/mol. The van der Waals surface area contributed by atoms with Gasteiger partial charge in [-0.15, -0.1) is 0 Å². The zero-order valence-corrected chi connectivity index (χ0v) is 16.0. The van der Waals surface area contributed by atoms with Gasteiger partial charge in [0, 0.05) is 38.0 Å². The van der Waals surface area contributed by atoms with Crippen molar-refractivity contribution in [2.75, 3.05) is 31.1 Å². The molecule has 146 valence electrons. The molecule has 0 unspecified atom stereocenters. The molecule has 1 N–H and O–H groups in total. The second-order valence-corrected chi connectivity index (χ2v) is 7.74. The number of halogens is 1. The van der Waals surface area contributed by atoms with Gasteiger partial charge >= 0.3 is 0 Å². The van der Waals surface area contributed by atoms with Gasteiger partial charge in [-0.3, -0.25) is 4.79 Å². The van der Waals surface area contributed by atoms with Crippen molar-refractivity contribution in [3.63, 3.8) is 0 Å². The number of likely N-dealkylation sites (tertiary alicyclic amines) is 1. The maximum Gasteiger partial charge on any atom is 0.289 e. The lowest BCUT2D eigenvalue weighted by Gasteiger charge is -2.50. The molecule has 2 aromatic heterocycles. The minimum Gasteiger partial charge on any atom is -0.440 e. The van der Waals surface area contributed by atoms with Crippen LogP contribution in [0.2, 0.25) is 5.22 Å². The standard InChI is InChI=1S/C18H23ClN4O4/c1-2-15-20-17(21-27-15)23-9-6-13(24)18(11-23)7-3-8-22(10-18)16(25)12-4-5-14(19)26-12/h4-5,13,24H,2-3,6-11H2,1H3/t13-,18+/m1/s1. The fraction of sp³-hybridized carbons (Fsp3) is 0.611. The summed E-state index contributed by atoms with van der Waals surface area (Å²) >= 11 is 5.80. The predicted molar refractivity (Wildman–Crippen MR) is 97.8 cm³/mol. The molecule has 2 aromatic rings. The SMILES string of the molecule is CCc1nc(N2CC[C@@H](O)[C@]3(CCCN(C(=O)c4ccc(Cl)o4)C3)C2)no1. The Hall–Kier alpha value is -2.06. The number of aliphatic hydroxyl groups is 1. The van der Waals surface area contributed by atoms with E-state index in [0.717, 1.165) is 12.8 Å². The Balaban J connectivity index is 1.53. The van der Waals surface area contributed by atoms with Gasteiger partial charge in [-0.05, 0) is 48.2 Å². The van der Waals surface area contributed by atoms with Gasteiger partial charge in [0.2, 0.25) is 5.89 Å². The lowest BCUT2D eigenvalue weighted by atomic mass is 9.71. The summed E-state index contributed by atoms with van der Waals surface area (Å²) in [4.78, 5) is 21.0. The number of aromatic nitrogens is 2. The van der Waals surface area contributed by atoms with Crippen LogP contribution in [0, 0.1) is 5.41 Å². The molecule has 4 rings (SSSR count). The van der Waals surface area contributed by atoms with Crippen molar-refractivity contribution in [1.29, 1.82) is 0 Å². The van der Waals surface area contributed by atoms with Gasteiger partial charge in [0.15, 0.2) is 11.0 Å². The first-order valence-electron chi connectivity index (χ1n) is 9.31. The van der Waals surface area contributed by atoms with Crippen LogP contribution in [0.5, 0.6) is 0 Å². The molecule has 0 saturated carbocycles. The van der Waals surface area contributed by atoms with Crippen LogP contribution in [0.3, 0.4) is 0 Å². The summed E-state index contributed by atoms with van der Waals surface area (Å²) in [5.41, 5.74) is -0.421. The summed E-state index contributed by atoms with van der Waals surface area (Å²) < 4.78 is 10.5. The van der Waals surface area contributed by atoms with Gasteiger partial charge in [0.25, 0.3) is 11.9 Å². The van der Waals surface area contributed by atoms with Crippen LogP contribution in [0.15, 0.2) is 21.1 Å². The van der Waals surface area contributed by atoms with Crippen LogP contribution in [0.25, 0.3) is 0 Å². The van der Waals surface area contributed by atoms with Crippen molar-refractivity contribution in [1.82, 2.24) is 15.0 Å². The molecule has 2 atom stereocenters. The summed E-state index contributed by atoms with van der Waals surface area (Å²) in [6, 6.07) is 3.15. The van der Waals surface area contributed by atoms with E-state index in [0.29, 0.717) is 50.9 Å². The molecule has 2 aliphatic heterocycles. The van der Waals surface area contributed by atoms with E-state index in [4.69, 9.17) is 20.5 Å². The number of piperidine rings is 2. The number of amides is 1. The zero-order chi connectivity index (χ0) is 19.0. The molecule has 27 heavy (non-hydrogen) atoms. The number of aryl methyl sites for hydroxylation is 1. The second kappa shape index (κ2) is 7.16. The topological polar surface area (TPSA) is 95.8 Å². The third kappa shape index (κ3) is 3.43. The molecule has 0 radical (unpaired) electrons. The number of furan rings is 1. The van der Waals surface area contributed by atoms with E-state index in [1.165, 1.54) is 0 Å². The lowest BCUT2D eigenvalue weighted by Crippen LogP contribution is -2.60. The minimum absolute atomic E-state index is 0.192. The molecule has 2 aliphatic rings. The second-order valence-electron chi connectivity index (χ2n) is 7.36. The van der Waals surface area contributed by atoms with Crippen molar-refractivity contribution < 1.29 is 18.8 Å². The highest BCUT2D eigenvalue weighted by Gasteiger charge is 2.47. The number of nitrogens with zero attached hydrogens (tertiary/aromatic N) is 4. The molecule has 8 nitrogen and oxygen atoms in total. The molecular formula is C18H23ClN4O4. The van der Waals surface area contributed by atoms with Crippen molar-refractivity contribution in [3.05, 3.63) is 29.0 Å². The number of hydrogen-bond acceptors (Lipinski definition) is 7. The maximum absolute atomic E-state index is 12.8. The number of rotatable bonds is 3. The van der Waals surface area contributed by atoms with Gasteiger partial charge in [0.1, 0.15) is 0 Å². The summed E-state index contributed by atoms with van der Waals surface area (Å²) in [5, 5.41) is 15.1. The quantitative estimate of drug-likeness (QED) is 0.853. The van der Waals surface area contributed by atoms with Gasteiger partial charge in [-0.2, -0.15) is 4.98 Å². The largest absolute Gasteiger partial charge is 0.440 e. The average molecular weight is 395 g/mol. The maximum atomic E-state index is 12.8. The first kappa shape index (κ1) is 18.3. The van der Waals surface area contributed by atoms with Gasteiger partial charge in [-0.25, -0.2) is 0 Å². The molecule has 1 amide bonds. The van der Waals surface area contributed by atoms with Crippen LogP contribution in [0.4, 0.5) is 5.95 Å². The van der Waals surface area contributed by atoms with E-state index >= 15 is 0 Å². The van der Waals surface area contributed by atoms with Crippen LogP contribution in [0.1, 0.15) is 42.6 Å². The van der Waals surface area contributed by atoms with Crippen LogP contribution < -0.4 is 4.90 Å². The van der Waals surface area contributed by atoms with Crippen molar-refractivity contribution in [3.8, 4) is 0 Å². The van der Waals surface area contributed by atoms with Crippen molar-refractivity contribution >= 4 is 23.5 Å². The zero-order valence-electron chi connectivity index (χ0n) is 15.2. The fourth-order valence-electron chi connectivity index (χ4n) is 4.16. The fourth-order valence-corrected chi connectivity index (χ4v) is 4.30. The Morgan fingerprint density at radius 3 is 2.96 bits per heavy atom. The molecule has 2 fully saturated rings. The Bertz CT molecular complexity index is 822. The van der Waals surface area contributed by atoms with E-state index in [9.17, 15) is 9.90 Å². The molecule has 0 bridgehead atoms. The normalized spacial score (nSPS) is 26.0. The summed E-state index contributed by atoms with van der Waals surface area (Å²) in [7, 11) is 0. The minimum atomic E-state index is -0.484. The predicted octanol–water partition coefficient (Wildman–Crippen LogP) is 2.37. The van der Waals surface area contributed by atoms with Gasteiger partial charge < -0.3 is 23.8 Å². The summed E-state index contributed by atoms with van der Waals surface area (Å²) in [5.74, 6) is 1.18. The molecule has 4 heterocycles. The highest BCUT2D eigenvalue weighted by Crippen LogP contribution is 2.40. The molecule has 9 heteroatoms. The number of aliphatic hydroxyl groups excluding tert-OH is 1. The Morgan fingerprint density at radius 1 is 1.41 bits per heavy atom. The molecule has 0 aromatic carbocycles. The third-order valence-corrected chi connectivity index (χ3v) is 5.81. The smallest absolute Gasteiger partial charge is 0.289 e. The van der Waals surface area contributed by atoms with Crippen molar-refractivity contribution in [2.45, 2.75) is 38.7 Å². The first-order valence-corrected chi connectivity index (χ1v) is 9.69. The van der Waals surface area contributed by atoms with E-state index < -0.39 is 11.5 Å².